The van der Waals surface area contributed by atoms with Crippen molar-refractivity contribution in [3.63, 3.8) is 0 Å². The lowest BCUT2D eigenvalue weighted by Crippen LogP contribution is -2.10. The van der Waals surface area contributed by atoms with E-state index in [0.29, 0.717) is 23.3 Å². The van der Waals surface area contributed by atoms with E-state index in [2.05, 4.69) is 10.3 Å². The molecule has 1 atom stereocenters. The van der Waals surface area contributed by atoms with E-state index in [4.69, 9.17) is 14.2 Å². The summed E-state index contributed by atoms with van der Waals surface area (Å²) in [5.74, 6) is 2.11. The molecule has 3 aromatic carbocycles. The summed E-state index contributed by atoms with van der Waals surface area (Å²) in [4.78, 5) is 16.0. The van der Waals surface area contributed by atoms with Crippen molar-refractivity contribution in [3.8, 4) is 17.2 Å². The average molecular weight is 543 g/mol. The Morgan fingerprint density at radius 3 is 2.22 bits per heavy atom. The van der Waals surface area contributed by atoms with E-state index < -0.39 is 15.9 Å². The van der Waals surface area contributed by atoms with Crippen LogP contribution in [0.2, 0.25) is 0 Å². The van der Waals surface area contributed by atoms with Gasteiger partial charge in [0.15, 0.2) is 38.9 Å². The second-order valence-electron chi connectivity index (χ2n) is 7.86. The molecule has 0 saturated carbocycles. The summed E-state index contributed by atoms with van der Waals surface area (Å²) in [7, 11) is 1.86. The first kappa shape index (κ1) is 27.9. The number of fused-ring (bicyclic) bond motifs is 1. The van der Waals surface area contributed by atoms with Gasteiger partial charge in [0.2, 0.25) is 0 Å². The van der Waals surface area contributed by atoms with Crippen LogP contribution in [0.3, 0.4) is 0 Å². The summed E-state index contributed by atoms with van der Waals surface area (Å²) in [6, 6.07) is 17.5. The highest BCUT2D eigenvalue weighted by molar-refractivity contribution is 7.91. The molecule has 4 rings (SSSR count). The SMILES string of the molecule is CCS(=O)(=O)c1ccc(C(C=O)Oc2ccccc2C)cc1.CNc1nc2cc(OC)c(OC)cc2s1. The Morgan fingerprint density at radius 2 is 1.65 bits per heavy atom. The number of anilines is 1. The number of carbonyl (C=O) groups is 1. The standard InChI is InChI=1S/C17H18O4S.C10H12N2O2S/c1-3-22(19,20)15-10-8-14(9-11-15)17(12-18)21-16-7-5-4-6-13(16)2;1-11-10-12-6-4-7(13-2)8(14-3)5-9(6)15-10/h4-12,17H,3H2,1-2H3;4-5H,1-3H3,(H,11,12). The summed E-state index contributed by atoms with van der Waals surface area (Å²) < 4.78 is 40.8. The highest BCUT2D eigenvalue weighted by Crippen LogP contribution is 2.35. The molecule has 37 heavy (non-hydrogen) atoms. The second kappa shape index (κ2) is 12.6. The number of ether oxygens (including phenoxy) is 3. The topological polar surface area (TPSA) is 104 Å². The maximum atomic E-state index is 11.8. The number of aryl methyl sites for hydroxylation is 1. The van der Waals surface area contributed by atoms with Crippen LogP contribution in [0.15, 0.2) is 65.6 Å². The number of carbonyl (C=O) groups excluding carboxylic acids is 1. The van der Waals surface area contributed by atoms with E-state index >= 15 is 0 Å². The second-order valence-corrected chi connectivity index (χ2v) is 11.2. The Balaban J connectivity index is 0.000000220. The fourth-order valence-corrected chi connectivity index (χ4v) is 5.11. The van der Waals surface area contributed by atoms with Gasteiger partial charge in [0.05, 0.1) is 35.1 Å². The molecule has 0 spiro atoms. The van der Waals surface area contributed by atoms with Crippen molar-refractivity contribution in [2.45, 2.75) is 24.8 Å². The number of sulfone groups is 1. The Morgan fingerprint density at radius 1 is 1.00 bits per heavy atom. The van der Waals surface area contributed by atoms with Crippen molar-refractivity contribution in [1.82, 2.24) is 4.98 Å². The van der Waals surface area contributed by atoms with Crippen molar-refractivity contribution < 1.29 is 27.4 Å². The molecule has 8 nitrogen and oxygen atoms in total. The van der Waals surface area contributed by atoms with Gasteiger partial charge in [0.1, 0.15) is 5.75 Å². The maximum absolute atomic E-state index is 11.8. The zero-order valence-corrected chi connectivity index (χ0v) is 23.0. The average Bonchev–Trinajstić information content (AvgIpc) is 3.34. The van der Waals surface area contributed by atoms with Crippen molar-refractivity contribution in [1.29, 1.82) is 0 Å². The third kappa shape index (κ3) is 6.78. The quantitative estimate of drug-likeness (QED) is 0.278. The van der Waals surface area contributed by atoms with Crippen LogP contribution < -0.4 is 19.5 Å². The molecule has 0 aliphatic rings. The van der Waals surface area contributed by atoms with Gasteiger partial charge in [-0.3, -0.25) is 4.79 Å². The van der Waals surface area contributed by atoms with Gasteiger partial charge in [-0.25, -0.2) is 13.4 Å². The molecule has 1 unspecified atom stereocenters. The van der Waals surface area contributed by atoms with Gasteiger partial charge in [-0.05, 0) is 36.2 Å². The van der Waals surface area contributed by atoms with Crippen LogP contribution in [0.1, 0.15) is 24.2 Å². The number of thiazole rings is 1. The van der Waals surface area contributed by atoms with Crippen LogP contribution in [0.25, 0.3) is 10.2 Å². The maximum Gasteiger partial charge on any atom is 0.183 e. The van der Waals surface area contributed by atoms with E-state index in [-0.39, 0.29) is 10.6 Å². The fourth-order valence-electron chi connectivity index (χ4n) is 3.39. The molecule has 0 radical (unpaired) electrons. The van der Waals surface area contributed by atoms with Crippen LogP contribution in [0.4, 0.5) is 5.13 Å². The lowest BCUT2D eigenvalue weighted by Gasteiger charge is -2.16. The number of hydrogen-bond donors (Lipinski definition) is 1. The van der Waals surface area contributed by atoms with E-state index in [1.165, 1.54) is 12.1 Å². The van der Waals surface area contributed by atoms with Crippen LogP contribution in [-0.4, -0.2) is 46.7 Å². The summed E-state index contributed by atoms with van der Waals surface area (Å²) in [5, 5.41) is 3.91. The Kier molecular flexibility index (Phi) is 9.48. The first-order chi connectivity index (χ1) is 17.8. The smallest absolute Gasteiger partial charge is 0.183 e. The molecule has 0 aliphatic carbocycles. The largest absolute Gasteiger partial charge is 0.493 e. The minimum Gasteiger partial charge on any atom is -0.493 e. The van der Waals surface area contributed by atoms with E-state index in [1.807, 2.05) is 44.3 Å². The molecule has 0 aliphatic heterocycles. The number of aromatic nitrogens is 1. The van der Waals surface area contributed by atoms with Gasteiger partial charge in [-0.1, -0.05) is 48.6 Å². The molecule has 0 saturated heterocycles. The van der Waals surface area contributed by atoms with Crippen LogP contribution in [-0.2, 0) is 14.6 Å². The number of nitrogens with zero attached hydrogens (tertiary/aromatic N) is 1. The van der Waals surface area contributed by atoms with Crippen molar-refractivity contribution in [2.24, 2.45) is 0 Å². The van der Waals surface area contributed by atoms with Crippen molar-refractivity contribution in [3.05, 3.63) is 71.8 Å². The number of para-hydroxylation sites is 1. The Bertz CT molecular complexity index is 1410. The van der Waals surface area contributed by atoms with Crippen LogP contribution in [0.5, 0.6) is 17.2 Å². The summed E-state index contributed by atoms with van der Waals surface area (Å²) in [6.45, 7) is 3.49. The normalized spacial score (nSPS) is 11.7. The van der Waals surface area contributed by atoms with Gasteiger partial charge in [0.25, 0.3) is 0 Å². The first-order valence-corrected chi connectivity index (χ1v) is 13.9. The van der Waals surface area contributed by atoms with Crippen LogP contribution in [0, 0.1) is 6.92 Å². The zero-order chi connectivity index (χ0) is 27.0. The number of methoxy groups -OCH3 is 2. The monoisotopic (exact) mass is 542 g/mol. The number of rotatable bonds is 9. The molecule has 0 fully saturated rings. The molecule has 1 heterocycles. The van der Waals surface area contributed by atoms with E-state index in [0.717, 1.165) is 26.7 Å². The van der Waals surface area contributed by atoms with Gasteiger partial charge >= 0.3 is 0 Å². The molecule has 4 aromatic rings. The van der Waals surface area contributed by atoms with Gasteiger partial charge < -0.3 is 19.5 Å². The zero-order valence-electron chi connectivity index (χ0n) is 21.3. The predicted molar refractivity (Wildman–Crippen MR) is 147 cm³/mol. The van der Waals surface area contributed by atoms with Crippen molar-refractivity contribution in [2.75, 3.05) is 32.3 Å². The van der Waals surface area contributed by atoms with Gasteiger partial charge in [0, 0.05) is 19.2 Å². The first-order valence-electron chi connectivity index (χ1n) is 11.5. The minimum absolute atomic E-state index is 0.0448. The molecule has 0 bridgehead atoms. The summed E-state index contributed by atoms with van der Waals surface area (Å²) in [6.07, 6.45) is -0.0602. The molecule has 10 heteroatoms. The number of hydrogen-bond acceptors (Lipinski definition) is 9. The fraction of sp³-hybridized carbons (Fsp3) is 0.259. The highest BCUT2D eigenvalue weighted by Gasteiger charge is 2.16. The molecule has 196 valence electrons. The summed E-state index contributed by atoms with van der Waals surface area (Å²) >= 11 is 1.59. The van der Waals surface area contributed by atoms with Gasteiger partial charge in [-0.2, -0.15) is 0 Å². The third-order valence-electron chi connectivity index (χ3n) is 5.53. The minimum atomic E-state index is -3.24. The Labute approximate surface area is 221 Å². The van der Waals surface area contributed by atoms with Crippen LogP contribution >= 0.6 is 11.3 Å². The van der Waals surface area contributed by atoms with Crippen molar-refractivity contribution >= 4 is 42.8 Å². The molecule has 1 N–H and O–H groups in total. The van der Waals surface area contributed by atoms with E-state index in [9.17, 15) is 13.2 Å². The Hall–Kier alpha value is -3.63. The lowest BCUT2D eigenvalue weighted by molar-refractivity contribution is -0.113. The number of aldehydes is 1. The molecular formula is C27H30N2O6S2. The lowest BCUT2D eigenvalue weighted by atomic mass is 10.1. The third-order valence-corrected chi connectivity index (χ3v) is 8.31. The molecule has 1 aromatic heterocycles. The number of benzene rings is 3. The van der Waals surface area contributed by atoms with Gasteiger partial charge in [-0.15, -0.1) is 0 Å². The van der Waals surface area contributed by atoms with E-state index in [1.54, 1.807) is 50.7 Å². The molecular weight excluding hydrogens is 512 g/mol. The predicted octanol–water partition coefficient (Wildman–Crippen LogP) is 5.46. The summed E-state index contributed by atoms with van der Waals surface area (Å²) in [5.41, 5.74) is 2.47. The number of nitrogens with one attached hydrogen (secondary N) is 1. The highest BCUT2D eigenvalue weighted by atomic mass is 32.2. The molecule has 0 amide bonds.